The number of urea groups is 1. The highest BCUT2D eigenvalue weighted by Gasteiger charge is 2.30. The van der Waals surface area contributed by atoms with E-state index in [1.165, 1.54) is 4.90 Å². The number of carbonyl (C=O) groups is 3. The highest BCUT2D eigenvalue weighted by Crippen LogP contribution is 2.18. The van der Waals surface area contributed by atoms with Gasteiger partial charge in [-0.25, -0.2) is 9.59 Å². The summed E-state index contributed by atoms with van der Waals surface area (Å²) >= 11 is 0. The van der Waals surface area contributed by atoms with E-state index in [-0.39, 0.29) is 17.9 Å². The number of nitrogens with one attached hydrogen (secondary N) is 1. The normalized spacial score (nSPS) is 17.0. The summed E-state index contributed by atoms with van der Waals surface area (Å²) in [6.45, 7) is 3.04. The molecule has 0 bridgehead atoms. The molecule has 126 valence electrons. The van der Waals surface area contributed by atoms with Crippen LogP contribution in [0, 0.1) is 5.92 Å². The lowest BCUT2D eigenvalue weighted by Gasteiger charge is -2.33. The monoisotopic (exact) mass is 313 g/mol. The van der Waals surface area contributed by atoms with Gasteiger partial charge in [0.15, 0.2) is 0 Å². The molecule has 1 atom stereocenters. The molecular weight excluding hydrogens is 286 g/mol. The Hall–Kier alpha value is -1.79. The first-order chi connectivity index (χ1) is 10.4. The van der Waals surface area contributed by atoms with Crippen LogP contribution in [0.15, 0.2) is 0 Å². The lowest BCUT2D eigenvalue weighted by molar-refractivity contribution is -0.143. The minimum absolute atomic E-state index is 0.0507. The standard InChI is InChI=1S/C15H27N3O4/c1-4-5-6-12(14(20)21)16-13(19)11-7-9-18(10-8-11)15(22)17(2)3/h11-12H,4-10H2,1-3H3,(H,16,19)(H,20,21)/t12-/m0/s1. The van der Waals surface area contributed by atoms with Crippen LogP contribution in [0.5, 0.6) is 0 Å². The van der Waals surface area contributed by atoms with E-state index >= 15 is 0 Å². The smallest absolute Gasteiger partial charge is 0.326 e. The minimum atomic E-state index is -0.984. The third kappa shape index (κ3) is 5.20. The van der Waals surface area contributed by atoms with Crippen molar-refractivity contribution in [3.63, 3.8) is 0 Å². The lowest BCUT2D eigenvalue weighted by atomic mass is 9.95. The van der Waals surface area contributed by atoms with E-state index in [0.717, 1.165) is 12.8 Å². The van der Waals surface area contributed by atoms with Crippen molar-refractivity contribution in [2.24, 2.45) is 5.92 Å². The van der Waals surface area contributed by atoms with E-state index in [0.29, 0.717) is 32.4 Å². The van der Waals surface area contributed by atoms with Crippen LogP contribution in [0.2, 0.25) is 0 Å². The average Bonchev–Trinajstić information content (AvgIpc) is 2.50. The van der Waals surface area contributed by atoms with Gasteiger partial charge in [0.25, 0.3) is 0 Å². The quantitative estimate of drug-likeness (QED) is 0.769. The molecular formula is C15H27N3O4. The van der Waals surface area contributed by atoms with E-state index in [9.17, 15) is 14.4 Å². The SMILES string of the molecule is CCCC[C@H](NC(=O)C1CCN(C(=O)N(C)C)CC1)C(=O)O. The van der Waals surface area contributed by atoms with Gasteiger partial charge in [-0.15, -0.1) is 0 Å². The summed E-state index contributed by atoms with van der Waals surface area (Å²) in [6.07, 6.45) is 3.27. The van der Waals surface area contributed by atoms with Gasteiger partial charge in [-0.05, 0) is 19.3 Å². The first-order valence-electron chi connectivity index (χ1n) is 7.86. The average molecular weight is 313 g/mol. The number of hydrogen-bond donors (Lipinski definition) is 2. The summed E-state index contributed by atoms with van der Waals surface area (Å²) < 4.78 is 0. The number of piperidine rings is 1. The van der Waals surface area contributed by atoms with Crippen LogP contribution in [0.25, 0.3) is 0 Å². The van der Waals surface area contributed by atoms with Crippen molar-refractivity contribution in [2.45, 2.75) is 45.1 Å². The molecule has 1 saturated heterocycles. The van der Waals surface area contributed by atoms with Crippen molar-refractivity contribution in [3.05, 3.63) is 0 Å². The largest absolute Gasteiger partial charge is 0.480 e. The molecule has 0 aliphatic carbocycles. The second-order valence-corrected chi connectivity index (χ2v) is 5.98. The van der Waals surface area contributed by atoms with Crippen LogP contribution in [-0.2, 0) is 9.59 Å². The number of nitrogens with zero attached hydrogens (tertiary/aromatic N) is 2. The minimum Gasteiger partial charge on any atom is -0.480 e. The number of amides is 3. The van der Waals surface area contributed by atoms with E-state index in [2.05, 4.69) is 5.32 Å². The maximum atomic E-state index is 12.2. The van der Waals surface area contributed by atoms with Gasteiger partial charge in [-0.1, -0.05) is 19.8 Å². The molecule has 0 saturated carbocycles. The van der Waals surface area contributed by atoms with Crippen LogP contribution in [0.4, 0.5) is 4.79 Å². The Morgan fingerprint density at radius 3 is 2.32 bits per heavy atom. The number of carboxylic acid groups (broad SMARTS) is 1. The molecule has 1 aliphatic rings. The number of aliphatic carboxylic acids is 1. The van der Waals surface area contributed by atoms with E-state index in [1.54, 1.807) is 19.0 Å². The number of hydrogen-bond acceptors (Lipinski definition) is 3. The number of carbonyl (C=O) groups excluding carboxylic acids is 2. The van der Waals surface area contributed by atoms with Crippen molar-refractivity contribution in [3.8, 4) is 0 Å². The lowest BCUT2D eigenvalue weighted by Crippen LogP contribution is -2.49. The summed E-state index contributed by atoms with van der Waals surface area (Å²) in [6, 6.07) is -0.862. The third-order valence-corrected chi connectivity index (χ3v) is 3.98. The van der Waals surface area contributed by atoms with Gasteiger partial charge in [-0.3, -0.25) is 4.79 Å². The molecule has 0 aromatic carbocycles. The van der Waals surface area contributed by atoms with Gasteiger partial charge < -0.3 is 20.2 Å². The van der Waals surface area contributed by atoms with Gasteiger partial charge >= 0.3 is 12.0 Å². The zero-order valence-electron chi connectivity index (χ0n) is 13.7. The first-order valence-corrected chi connectivity index (χ1v) is 7.86. The van der Waals surface area contributed by atoms with Crippen LogP contribution < -0.4 is 5.32 Å². The zero-order valence-corrected chi connectivity index (χ0v) is 13.7. The van der Waals surface area contributed by atoms with E-state index in [4.69, 9.17) is 5.11 Å². The second-order valence-electron chi connectivity index (χ2n) is 5.98. The predicted octanol–water partition coefficient (Wildman–Crippen LogP) is 1.14. The number of likely N-dealkylation sites (tertiary alicyclic amines) is 1. The number of unbranched alkanes of at least 4 members (excludes halogenated alkanes) is 1. The summed E-state index contributed by atoms with van der Waals surface area (Å²) in [4.78, 5) is 38.4. The molecule has 22 heavy (non-hydrogen) atoms. The Kier molecular flexibility index (Phi) is 7.14. The fraction of sp³-hybridized carbons (Fsp3) is 0.800. The Morgan fingerprint density at radius 2 is 1.86 bits per heavy atom. The third-order valence-electron chi connectivity index (χ3n) is 3.98. The maximum absolute atomic E-state index is 12.2. The van der Waals surface area contributed by atoms with Gasteiger partial charge in [0.1, 0.15) is 6.04 Å². The highest BCUT2D eigenvalue weighted by atomic mass is 16.4. The Bertz CT molecular complexity index is 404. The van der Waals surface area contributed by atoms with Crippen LogP contribution >= 0.6 is 0 Å². The fourth-order valence-corrected chi connectivity index (χ4v) is 2.57. The number of carboxylic acids is 1. The maximum Gasteiger partial charge on any atom is 0.326 e. The van der Waals surface area contributed by atoms with E-state index < -0.39 is 12.0 Å². The van der Waals surface area contributed by atoms with Gasteiger partial charge in [0.05, 0.1) is 0 Å². The molecule has 0 spiro atoms. The summed E-state index contributed by atoms with van der Waals surface area (Å²) in [5.74, 6) is -1.41. The molecule has 3 amide bonds. The van der Waals surface area contributed by atoms with Crippen molar-refractivity contribution in [1.29, 1.82) is 0 Å². The predicted molar refractivity (Wildman–Crippen MR) is 82.5 cm³/mol. The fourth-order valence-electron chi connectivity index (χ4n) is 2.57. The van der Waals surface area contributed by atoms with Crippen molar-refractivity contribution in [2.75, 3.05) is 27.2 Å². The van der Waals surface area contributed by atoms with Crippen molar-refractivity contribution < 1.29 is 19.5 Å². The van der Waals surface area contributed by atoms with Crippen LogP contribution in [-0.4, -0.2) is 66.0 Å². The van der Waals surface area contributed by atoms with Crippen molar-refractivity contribution in [1.82, 2.24) is 15.1 Å². The molecule has 1 fully saturated rings. The highest BCUT2D eigenvalue weighted by molar-refractivity contribution is 5.85. The summed E-state index contributed by atoms with van der Waals surface area (Å²) in [5, 5.41) is 11.8. The summed E-state index contributed by atoms with van der Waals surface area (Å²) in [7, 11) is 3.40. The number of rotatable bonds is 6. The van der Waals surface area contributed by atoms with Crippen LogP contribution in [0.1, 0.15) is 39.0 Å². The Labute approximate surface area is 131 Å². The van der Waals surface area contributed by atoms with Crippen molar-refractivity contribution >= 4 is 17.9 Å². The molecule has 1 aliphatic heterocycles. The van der Waals surface area contributed by atoms with E-state index in [1.807, 2.05) is 6.92 Å². The van der Waals surface area contributed by atoms with Gasteiger partial charge in [0, 0.05) is 33.1 Å². The zero-order chi connectivity index (χ0) is 16.7. The molecule has 1 rings (SSSR count). The second kappa shape index (κ2) is 8.60. The van der Waals surface area contributed by atoms with Gasteiger partial charge in [-0.2, -0.15) is 0 Å². The molecule has 7 heteroatoms. The topological polar surface area (TPSA) is 90.0 Å². The molecule has 1 heterocycles. The summed E-state index contributed by atoms with van der Waals surface area (Å²) in [5.41, 5.74) is 0. The van der Waals surface area contributed by atoms with Crippen LogP contribution in [0.3, 0.4) is 0 Å². The molecule has 7 nitrogen and oxygen atoms in total. The molecule has 2 N–H and O–H groups in total. The first kappa shape index (κ1) is 18.3. The molecule has 0 radical (unpaired) electrons. The molecule has 0 aromatic rings. The molecule has 0 unspecified atom stereocenters. The van der Waals surface area contributed by atoms with Gasteiger partial charge in [0.2, 0.25) is 5.91 Å². The Balaban J connectivity index is 2.47. The molecule has 0 aromatic heterocycles. The Morgan fingerprint density at radius 1 is 1.27 bits per heavy atom.